The van der Waals surface area contributed by atoms with Crippen LogP contribution < -0.4 is 11.3 Å². The number of primary amides is 1. The monoisotopic (exact) mass is 597 g/mol. The summed E-state index contributed by atoms with van der Waals surface area (Å²) >= 11 is 0. The molecule has 2 heterocycles. The summed E-state index contributed by atoms with van der Waals surface area (Å²) in [6.07, 6.45) is -1.79. The number of amides is 1. The first-order valence-electron chi connectivity index (χ1n) is 13.5. The van der Waals surface area contributed by atoms with Gasteiger partial charge in [0, 0.05) is 12.4 Å². The largest absolute Gasteiger partial charge is 0.459 e. The zero-order valence-electron chi connectivity index (χ0n) is 23.4. The maximum atomic E-state index is 13.4. The molecule has 224 valence electrons. The molecule has 1 aliphatic heterocycles. The van der Waals surface area contributed by atoms with Crippen molar-refractivity contribution in [1.29, 1.82) is 0 Å². The van der Waals surface area contributed by atoms with Crippen LogP contribution >= 0.6 is 0 Å². The molecular formula is C32H27N3O9. The van der Waals surface area contributed by atoms with Crippen LogP contribution in [-0.4, -0.2) is 57.8 Å². The summed E-state index contributed by atoms with van der Waals surface area (Å²) in [5, 5.41) is 0. The zero-order chi connectivity index (χ0) is 31.3. The van der Waals surface area contributed by atoms with Crippen LogP contribution in [0.3, 0.4) is 0 Å². The topological polar surface area (TPSA) is 166 Å². The fourth-order valence-electron chi connectivity index (χ4n) is 4.84. The van der Waals surface area contributed by atoms with Gasteiger partial charge in [-0.3, -0.25) is 14.2 Å². The van der Waals surface area contributed by atoms with E-state index >= 15 is 0 Å². The second-order valence-corrected chi connectivity index (χ2v) is 9.98. The molecule has 44 heavy (non-hydrogen) atoms. The second kappa shape index (κ2) is 12.7. The van der Waals surface area contributed by atoms with Crippen molar-refractivity contribution < 1.29 is 38.1 Å². The standard InChI is InChI=1S/C32H27N3O9/c1-32(44-30(40)22-15-9-4-10-16-22)25(43-29(39)21-13-7-3-8-14-21)23(19-41-28(38)20-11-5-2-6-12-20)42-31(32)35-18-17-34-24(26(33)36)27(35)37/h2-18,23,25,31H,19H2,1H3,(H2,33,36)/t23-,25?,31-,32+/m1/s1. The van der Waals surface area contributed by atoms with Crippen LogP contribution in [0, 0.1) is 0 Å². The predicted molar refractivity (Wildman–Crippen MR) is 154 cm³/mol. The van der Waals surface area contributed by atoms with E-state index in [1.807, 2.05) is 0 Å². The number of nitrogens with two attached hydrogens (primary N) is 1. The Balaban J connectivity index is 1.58. The van der Waals surface area contributed by atoms with Crippen LogP contribution in [0.5, 0.6) is 0 Å². The first kappa shape index (κ1) is 29.9. The van der Waals surface area contributed by atoms with Crippen molar-refractivity contribution in [3.63, 3.8) is 0 Å². The number of hydrogen-bond acceptors (Lipinski definition) is 10. The molecule has 3 aromatic carbocycles. The van der Waals surface area contributed by atoms with Crippen molar-refractivity contribution in [2.24, 2.45) is 5.73 Å². The lowest BCUT2D eigenvalue weighted by Crippen LogP contribution is -2.52. The highest BCUT2D eigenvalue weighted by molar-refractivity contribution is 5.91. The summed E-state index contributed by atoms with van der Waals surface area (Å²) in [5.74, 6) is -3.39. The molecule has 1 unspecified atom stereocenters. The molecule has 1 aliphatic rings. The van der Waals surface area contributed by atoms with Gasteiger partial charge in [-0.1, -0.05) is 54.6 Å². The third-order valence-corrected chi connectivity index (χ3v) is 7.00. The highest BCUT2D eigenvalue weighted by Gasteiger charge is 2.60. The Labute approximate surface area is 250 Å². The normalized spacial score (nSPS) is 20.8. The molecule has 4 aromatic rings. The third-order valence-electron chi connectivity index (χ3n) is 7.00. The van der Waals surface area contributed by atoms with Gasteiger partial charge in [-0.2, -0.15) is 0 Å². The summed E-state index contributed by atoms with van der Waals surface area (Å²) in [4.78, 5) is 68.6. The Kier molecular flexibility index (Phi) is 8.63. The summed E-state index contributed by atoms with van der Waals surface area (Å²) < 4.78 is 24.6. The lowest BCUT2D eigenvalue weighted by Gasteiger charge is -2.34. The molecule has 1 amide bonds. The molecule has 2 N–H and O–H groups in total. The summed E-state index contributed by atoms with van der Waals surface area (Å²) in [7, 11) is 0. The number of carbonyl (C=O) groups excluding carboxylic acids is 4. The second-order valence-electron chi connectivity index (χ2n) is 9.98. The summed E-state index contributed by atoms with van der Waals surface area (Å²) in [5.41, 5.74) is 2.52. The zero-order valence-corrected chi connectivity index (χ0v) is 23.4. The van der Waals surface area contributed by atoms with E-state index in [-0.39, 0.29) is 16.7 Å². The lowest BCUT2D eigenvalue weighted by molar-refractivity contribution is -0.111. The van der Waals surface area contributed by atoms with Crippen molar-refractivity contribution in [1.82, 2.24) is 9.55 Å². The van der Waals surface area contributed by atoms with Crippen LogP contribution in [0.1, 0.15) is 54.7 Å². The number of rotatable bonds is 9. The Hall–Kier alpha value is -5.62. The lowest BCUT2D eigenvalue weighted by atomic mass is 9.95. The van der Waals surface area contributed by atoms with Gasteiger partial charge in [-0.15, -0.1) is 0 Å². The van der Waals surface area contributed by atoms with Gasteiger partial charge in [0.05, 0.1) is 16.7 Å². The number of hydrogen-bond donors (Lipinski definition) is 1. The van der Waals surface area contributed by atoms with E-state index in [9.17, 15) is 24.0 Å². The third kappa shape index (κ3) is 6.10. The van der Waals surface area contributed by atoms with Crippen LogP contribution in [0.25, 0.3) is 0 Å². The van der Waals surface area contributed by atoms with Crippen molar-refractivity contribution in [2.45, 2.75) is 31.0 Å². The summed E-state index contributed by atoms with van der Waals surface area (Å²) in [6.45, 7) is 0.954. The van der Waals surface area contributed by atoms with E-state index < -0.39 is 65.7 Å². The van der Waals surface area contributed by atoms with Gasteiger partial charge in [0.1, 0.15) is 12.7 Å². The molecule has 0 radical (unpaired) electrons. The van der Waals surface area contributed by atoms with Gasteiger partial charge in [-0.25, -0.2) is 19.4 Å². The fraction of sp³-hybridized carbons (Fsp3) is 0.188. The van der Waals surface area contributed by atoms with Crippen molar-refractivity contribution in [3.8, 4) is 0 Å². The molecule has 12 heteroatoms. The maximum Gasteiger partial charge on any atom is 0.338 e. The molecule has 0 bridgehead atoms. The first-order valence-corrected chi connectivity index (χ1v) is 13.5. The number of benzene rings is 3. The van der Waals surface area contributed by atoms with E-state index in [2.05, 4.69) is 4.98 Å². The van der Waals surface area contributed by atoms with Gasteiger partial charge in [-0.05, 0) is 43.3 Å². The average molecular weight is 598 g/mol. The van der Waals surface area contributed by atoms with E-state index in [0.29, 0.717) is 0 Å². The van der Waals surface area contributed by atoms with E-state index in [1.54, 1.807) is 66.7 Å². The molecule has 0 aliphatic carbocycles. The minimum Gasteiger partial charge on any atom is -0.459 e. The smallest absolute Gasteiger partial charge is 0.338 e. The van der Waals surface area contributed by atoms with Crippen molar-refractivity contribution in [2.75, 3.05) is 6.61 Å². The van der Waals surface area contributed by atoms with Gasteiger partial charge in [0.2, 0.25) is 0 Å². The summed E-state index contributed by atoms with van der Waals surface area (Å²) in [6, 6.07) is 24.2. The molecule has 0 spiro atoms. The van der Waals surface area contributed by atoms with Gasteiger partial charge >= 0.3 is 17.9 Å². The SMILES string of the molecule is C[C@]1(OC(=O)c2ccccc2)C(OC(=O)c2ccccc2)[C@@H](COC(=O)c2ccccc2)O[C@H]1n1ccnc(C(N)=O)c1=O. The van der Waals surface area contributed by atoms with Crippen LogP contribution in [0.15, 0.2) is 108 Å². The van der Waals surface area contributed by atoms with E-state index in [1.165, 1.54) is 37.4 Å². The Bertz CT molecular complexity index is 1730. The van der Waals surface area contributed by atoms with E-state index in [4.69, 9.17) is 24.7 Å². The molecule has 0 saturated carbocycles. The van der Waals surface area contributed by atoms with Gasteiger partial charge < -0.3 is 24.7 Å². The molecule has 1 fully saturated rings. The number of ether oxygens (including phenoxy) is 4. The molecule has 12 nitrogen and oxygen atoms in total. The number of carbonyl (C=O) groups is 4. The van der Waals surface area contributed by atoms with Crippen LogP contribution in [-0.2, 0) is 18.9 Å². The average Bonchev–Trinajstić information content (AvgIpc) is 3.30. The number of nitrogens with zero attached hydrogens (tertiary/aromatic N) is 2. The molecular weight excluding hydrogens is 570 g/mol. The predicted octanol–water partition coefficient (Wildman–Crippen LogP) is 2.94. The Morgan fingerprint density at radius 1 is 0.841 bits per heavy atom. The Morgan fingerprint density at radius 3 is 1.91 bits per heavy atom. The van der Waals surface area contributed by atoms with Gasteiger partial charge in [0.15, 0.2) is 23.6 Å². The molecule has 1 saturated heterocycles. The van der Waals surface area contributed by atoms with Crippen LogP contribution in [0.2, 0.25) is 0 Å². The maximum absolute atomic E-state index is 13.4. The fourth-order valence-corrected chi connectivity index (χ4v) is 4.84. The van der Waals surface area contributed by atoms with Crippen molar-refractivity contribution in [3.05, 3.63) is 136 Å². The number of aromatic nitrogens is 2. The van der Waals surface area contributed by atoms with Crippen molar-refractivity contribution >= 4 is 23.8 Å². The minimum atomic E-state index is -1.92. The van der Waals surface area contributed by atoms with E-state index in [0.717, 1.165) is 10.8 Å². The Morgan fingerprint density at radius 2 is 1.36 bits per heavy atom. The minimum absolute atomic E-state index is 0.166. The van der Waals surface area contributed by atoms with Gasteiger partial charge in [0.25, 0.3) is 11.5 Å². The quantitative estimate of drug-likeness (QED) is 0.224. The molecule has 4 atom stereocenters. The highest BCUT2D eigenvalue weighted by atomic mass is 16.7. The molecule has 1 aromatic heterocycles. The molecule has 5 rings (SSSR count). The highest BCUT2D eigenvalue weighted by Crippen LogP contribution is 2.43. The number of esters is 3. The first-order chi connectivity index (χ1) is 21.2. The van der Waals surface area contributed by atoms with Crippen LogP contribution in [0.4, 0.5) is 0 Å².